The smallest absolute Gasteiger partial charge is 0.223 e. The van der Waals surface area contributed by atoms with E-state index in [4.69, 9.17) is 4.42 Å². The molecule has 1 fully saturated rings. The van der Waals surface area contributed by atoms with Crippen LogP contribution in [0.3, 0.4) is 0 Å². The normalized spacial score (nSPS) is 15.1. The topological polar surface area (TPSA) is 75.7 Å². The Bertz CT molecular complexity index is 1100. The first kappa shape index (κ1) is 17.9. The van der Waals surface area contributed by atoms with E-state index >= 15 is 0 Å². The Morgan fingerprint density at radius 2 is 2.17 bits per heavy atom. The molecule has 29 heavy (non-hydrogen) atoms. The minimum atomic E-state index is 0.0209. The molecular weight excluding hydrogens is 386 g/mol. The number of hydrogen-bond acceptors (Lipinski definition) is 6. The second-order valence-electron chi connectivity index (χ2n) is 7.15. The molecule has 4 aromatic heterocycles. The molecule has 0 aromatic carbocycles. The molecule has 0 aliphatic carbocycles. The standard InChI is InChI=1S/C21H21N5O2S/c27-21(23-14-16-3-1-11-28-16)15-5-8-25(9-6-15)20-18-13-17(19-4-2-12-29-19)24-26(18)10-7-22-20/h1-4,7,10-13,15H,5-6,8-9,14H2,(H,23,27). The van der Waals surface area contributed by atoms with Crippen LogP contribution in [0, 0.1) is 5.92 Å². The second kappa shape index (κ2) is 7.71. The number of piperidine rings is 1. The second-order valence-corrected chi connectivity index (χ2v) is 8.09. The summed E-state index contributed by atoms with van der Waals surface area (Å²) >= 11 is 1.68. The Balaban J connectivity index is 1.27. The minimum Gasteiger partial charge on any atom is -0.467 e. The lowest BCUT2D eigenvalue weighted by Gasteiger charge is -2.32. The summed E-state index contributed by atoms with van der Waals surface area (Å²) in [7, 11) is 0. The number of anilines is 1. The number of amides is 1. The van der Waals surface area contributed by atoms with Crippen molar-refractivity contribution in [2.24, 2.45) is 5.92 Å². The molecular formula is C21H21N5O2S. The number of nitrogens with zero attached hydrogens (tertiary/aromatic N) is 4. The quantitative estimate of drug-likeness (QED) is 0.547. The van der Waals surface area contributed by atoms with Gasteiger partial charge in [-0.05, 0) is 42.5 Å². The molecule has 0 spiro atoms. The zero-order chi connectivity index (χ0) is 19.6. The Hall–Kier alpha value is -3.13. The van der Waals surface area contributed by atoms with Gasteiger partial charge in [0.05, 0.1) is 17.7 Å². The predicted molar refractivity (Wildman–Crippen MR) is 112 cm³/mol. The Morgan fingerprint density at radius 1 is 1.28 bits per heavy atom. The first-order chi connectivity index (χ1) is 14.3. The van der Waals surface area contributed by atoms with Crippen LogP contribution in [0.5, 0.6) is 0 Å². The van der Waals surface area contributed by atoms with Crippen LogP contribution < -0.4 is 10.2 Å². The van der Waals surface area contributed by atoms with Crippen LogP contribution in [0.25, 0.3) is 16.1 Å². The van der Waals surface area contributed by atoms with E-state index in [-0.39, 0.29) is 11.8 Å². The van der Waals surface area contributed by atoms with Crippen molar-refractivity contribution in [2.45, 2.75) is 19.4 Å². The molecule has 1 aliphatic rings. The minimum absolute atomic E-state index is 0.0209. The largest absolute Gasteiger partial charge is 0.467 e. The monoisotopic (exact) mass is 407 g/mol. The van der Waals surface area contributed by atoms with Crippen molar-refractivity contribution in [1.82, 2.24) is 19.9 Å². The lowest BCUT2D eigenvalue weighted by Crippen LogP contribution is -2.40. The summed E-state index contributed by atoms with van der Waals surface area (Å²) in [5.41, 5.74) is 1.96. The van der Waals surface area contributed by atoms with Gasteiger partial charge in [-0.1, -0.05) is 6.07 Å². The van der Waals surface area contributed by atoms with Gasteiger partial charge in [0, 0.05) is 31.4 Å². The Labute approximate surface area is 172 Å². The summed E-state index contributed by atoms with van der Waals surface area (Å²) in [4.78, 5) is 20.5. The molecule has 1 aliphatic heterocycles. The third kappa shape index (κ3) is 3.63. The van der Waals surface area contributed by atoms with Gasteiger partial charge in [-0.2, -0.15) is 5.10 Å². The molecule has 0 saturated carbocycles. The van der Waals surface area contributed by atoms with Gasteiger partial charge in [0.25, 0.3) is 0 Å². The maximum atomic E-state index is 12.5. The number of furan rings is 1. The molecule has 5 rings (SSSR count). The highest BCUT2D eigenvalue weighted by Crippen LogP contribution is 2.30. The molecule has 1 N–H and O–H groups in total. The highest BCUT2D eigenvalue weighted by atomic mass is 32.1. The fourth-order valence-corrected chi connectivity index (χ4v) is 4.46. The third-order valence-corrected chi connectivity index (χ3v) is 6.22. The van der Waals surface area contributed by atoms with Crippen LogP contribution in [0.2, 0.25) is 0 Å². The van der Waals surface area contributed by atoms with Crippen LogP contribution >= 0.6 is 11.3 Å². The van der Waals surface area contributed by atoms with E-state index < -0.39 is 0 Å². The van der Waals surface area contributed by atoms with E-state index in [1.165, 1.54) is 0 Å². The van der Waals surface area contributed by atoms with Crippen LogP contribution in [0.15, 0.2) is 58.8 Å². The molecule has 1 saturated heterocycles. The van der Waals surface area contributed by atoms with E-state index in [0.717, 1.165) is 53.6 Å². The summed E-state index contributed by atoms with van der Waals surface area (Å²) in [6.07, 6.45) is 6.89. The molecule has 4 aromatic rings. The van der Waals surface area contributed by atoms with Gasteiger partial charge in [0.2, 0.25) is 5.91 Å². The van der Waals surface area contributed by atoms with Crippen LogP contribution in [-0.4, -0.2) is 33.6 Å². The maximum Gasteiger partial charge on any atom is 0.223 e. The summed E-state index contributed by atoms with van der Waals surface area (Å²) in [6.45, 7) is 2.03. The van der Waals surface area contributed by atoms with Crippen molar-refractivity contribution >= 4 is 28.6 Å². The van der Waals surface area contributed by atoms with Crippen molar-refractivity contribution in [3.05, 3.63) is 60.1 Å². The number of carbonyl (C=O) groups is 1. The number of fused-ring (bicyclic) bond motifs is 1. The molecule has 148 valence electrons. The van der Waals surface area contributed by atoms with E-state index in [1.54, 1.807) is 23.8 Å². The maximum absolute atomic E-state index is 12.5. The van der Waals surface area contributed by atoms with Crippen molar-refractivity contribution in [3.63, 3.8) is 0 Å². The molecule has 0 atom stereocenters. The molecule has 7 nitrogen and oxygen atoms in total. The SMILES string of the molecule is O=C(NCc1ccco1)C1CCN(c2nccn3nc(-c4cccs4)cc23)CC1. The predicted octanol–water partition coefficient (Wildman–Crippen LogP) is 3.58. The van der Waals surface area contributed by atoms with Crippen LogP contribution in [-0.2, 0) is 11.3 Å². The van der Waals surface area contributed by atoms with Crippen molar-refractivity contribution in [2.75, 3.05) is 18.0 Å². The third-order valence-electron chi connectivity index (χ3n) is 5.33. The highest BCUT2D eigenvalue weighted by molar-refractivity contribution is 7.13. The van der Waals surface area contributed by atoms with E-state index in [9.17, 15) is 4.79 Å². The van der Waals surface area contributed by atoms with Crippen molar-refractivity contribution < 1.29 is 9.21 Å². The lowest BCUT2D eigenvalue weighted by atomic mass is 9.96. The summed E-state index contributed by atoms with van der Waals surface area (Å²) in [5, 5.41) is 9.72. The highest BCUT2D eigenvalue weighted by Gasteiger charge is 2.27. The molecule has 0 unspecified atom stereocenters. The first-order valence-corrected chi connectivity index (χ1v) is 10.6. The van der Waals surface area contributed by atoms with Crippen molar-refractivity contribution in [3.8, 4) is 10.6 Å². The van der Waals surface area contributed by atoms with E-state index in [1.807, 2.05) is 28.9 Å². The van der Waals surface area contributed by atoms with Gasteiger partial charge >= 0.3 is 0 Å². The summed E-state index contributed by atoms with van der Waals surface area (Å²) < 4.78 is 7.17. The van der Waals surface area contributed by atoms with Gasteiger partial charge in [0.15, 0.2) is 5.82 Å². The number of thiophene rings is 1. The number of carbonyl (C=O) groups excluding carboxylic acids is 1. The van der Waals surface area contributed by atoms with Crippen LogP contribution in [0.1, 0.15) is 18.6 Å². The average Bonchev–Trinajstić information content (AvgIpc) is 3.52. The van der Waals surface area contributed by atoms with Gasteiger partial charge in [-0.3, -0.25) is 4.79 Å². The molecule has 8 heteroatoms. The van der Waals surface area contributed by atoms with Crippen LogP contribution in [0.4, 0.5) is 5.82 Å². The lowest BCUT2D eigenvalue weighted by molar-refractivity contribution is -0.125. The first-order valence-electron chi connectivity index (χ1n) is 9.71. The summed E-state index contributed by atoms with van der Waals surface area (Å²) in [5.74, 6) is 1.82. The molecule has 0 radical (unpaired) electrons. The molecule has 0 bridgehead atoms. The fourth-order valence-electron chi connectivity index (χ4n) is 3.78. The van der Waals surface area contributed by atoms with E-state index in [0.29, 0.717) is 6.54 Å². The molecule has 1 amide bonds. The number of nitrogens with one attached hydrogen (secondary N) is 1. The van der Waals surface area contributed by atoms with Gasteiger partial charge in [0.1, 0.15) is 17.0 Å². The number of aromatic nitrogens is 3. The zero-order valence-corrected chi connectivity index (χ0v) is 16.6. The van der Waals surface area contributed by atoms with Crippen molar-refractivity contribution in [1.29, 1.82) is 0 Å². The van der Waals surface area contributed by atoms with Gasteiger partial charge in [-0.15, -0.1) is 11.3 Å². The average molecular weight is 407 g/mol. The summed E-state index contributed by atoms with van der Waals surface area (Å²) in [6, 6.07) is 9.90. The number of hydrogen-bond donors (Lipinski definition) is 1. The molecule has 5 heterocycles. The van der Waals surface area contributed by atoms with E-state index in [2.05, 4.69) is 37.8 Å². The Morgan fingerprint density at radius 3 is 2.93 bits per heavy atom. The Kier molecular flexibility index (Phi) is 4.77. The zero-order valence-electron chi connectivity index (χ0n) is 15.8. The van der Waals surface area contributed by atoms with Gasteiger partial charge in [-0.25, -0.2) is 9.50 Å². The van der Waals surface area contributed by atoms with Gasteiger partial charge < -0.3 is 14.6 Å². The fraction of sp³-hybridized carbons (Fsp3) is 0.286. The number of rotatable bonds is 5.